The molecule has 2 rings (SSSR count). The van der Waals surface area contributed by atoms with Gasteiger partial charge in [0.2, 0.25) is 10.0 Å². The summed E-state index contributed by atoms with van der Waals surface area (Å²) in [6, 6.07) is 2.30. The van der Waals surface area contributed by atoms with Gasteiger partial charge in [-0.15, -0.1) is 0 Å². The second kappa shape index (κ2) is 9.10. The number of hydrogen-bond acceptors (Lipinski definition) is 4. The first-order valence-electron chi connectivity index (χ1n) is 8.15. The number of morpholine rings is 1. The molecule has 1 aliphatic rings. The van der Waals surface area contributed by atoms with Crippen molar-refractivity contribution < 1.29 is 17.5 Å². The second-order valence-corrected chi connectivity index (χ2v) is 8.09. The fourth-order valence-corrected chi connectivity index (χ4v) is 4.25. The number of benzene rings is 1. The van der Waals surface area contributed by atoms with Gasteiger partial charge in [-0.2, -0.15) is 0 Å². The van der Waals surface area contributed by atoms with Crippen molar-refractivity contribution in [2.24, 2.45) is 0 Å². The van der Waals surface area contributed by atoms with E-state index >= 15 is 0 Å². The molecule has 136 valence electrons. The molecule has 5 nitrogen and oxygen atoms in total. The summed E-state index contributed by atoms with van der Waals surface area (Å²) >= 11 is 5.86. The summed E-state index contributed by atoms with van der Waals surface area (Å²) < 4.78 is 45.7. The number of hydrogen-bond donors (Lipinski definition) is 1. The Morgan fingerprint density at radius 2 is 1.96 bits per heavy atom. The monoisotopic (exact) mass is 378 g/mol. The first kappa shape index (κ1) is 19.6. The molecule has 0 atom stereocenters. The van der Waals surface area contributed by atoms with Gasteiger partial charge >= 0.3 is 0 Å². The van der Waals surface area contributed by atoms with Crippen molar-refractivity contribution in [3.05, 3.63) is 28.5 Å². The molecular weight excluding hydrogens is 355 g/mol. The molecule has 1 saturated heterocycles. The largest absolute Gasteiger partial charge is 0.379 e. The molecule has 0 spiro atoms. The quantitative estimate of drug-likeness (QED) is 0.706. The summed E-state index contributed by atoms with van der Waals surface area (Å²) in [4.78, 5) is 2.28. The molecule has 1 heterocycles. The molecule has 0 amide bonds. The van der Waals surface area contributed by atoms with Crippen LogP contribution in [0.3, 0.4) is 0 Å². The molecule has 0 bridgehead atoms. The highest BCUT2D eigenvalue weighted by molar-refractivity contribution is 7.89. The lowest BCUT2D eigenvalue weighted by atomic mass is 10.2. The summed E-state index contributed by atoms with van der Waals surface area (Å²) in [5.74, 6) is -0.512. The van der Waals surface area contributed by atoms with Crippen LogP contribution in [0, 0.1) is 12.7 Å². The maximum Gasteiger partial charge on any atom is 0.242 e. The molecule has 0 aromatic heterocycles. The number of nitrogens with one attached hydrogen (secondary N) is 1. The Morgan fingerprint density at radius 3 is 2.67 bits per heavy atom. The molecule has 0 saturated carbocycles. The lowest BCUT2D eigenvalue weighted by molar-refractivity contribution is 0.0371. The molecule has 1 fully saturated rings. The molecule has 24 heavy (non-hydrogen) atoms. The third-order valence-electron chi connectivity index (χ3n) is 4.05. The number of nitrogens with zero attached hydrogens (tertiary/aromatic N) is 1. The van der Waals surface area contributed by atoms with E-state index < -0.39 is 15.8 Å². The van der Waals surface area contributed by atoms with E-state index in [-0.39, 0.29) is 15.5 Å². The van der Waals surface area contributed by atoms with Crippen molar-refractivity contribution in [1.29, 1.82) is 0 Å². The summed E-state index contributed by atoms with van der Waals surface area (Å²) in [5.41, 5.74) is 0.255. The Morgan fingerprint density at radius 1 is 1.25 bits per heavy atom. The SMILES string of the molecule is Cc1cc(S(=O)(=O)NCCCCCN2CCOCC2)c(Cl)cc1F. The van der Waals surface area contributed by atoms with Gasteiger partial charge in [-0.05, 0) is 44.0 Å². The smallest absolute Gasteiger partial charge is 0.242 e. The van der Waals surface area contributed by atoms with Gasteiger partial charge in [0, 0.05) is 19.6 Å². The van der Waals surface area contributed by atoms with Crippen molar-refractivity contribution in [2.75, 3.05) is 39.4 Å². The van der Waals surface area contributed by atoms with Crippen LogP contribution in [0.25, 0.3) is 0 Å². The summed E-state index contributed by atoms with van der Waals surface area (Å²) in [6.07, 6.45) is 2.72. The minimum absolute atomic E-state index is 0.0728. The topological polar surface area (TPSA) is 58.6 Å². The van der Waals surface area contributed by atoms with Gasteiger partial charge in [-0.1, -0.05) is 18.0 Å². The molecular formula is C16H24ClFN2O3S. The van der Waals surface area contributed by atoms with Gasteiger partial charge in [-0.25, -0.2) is 17.5 Å². The van der Waals surface area contributed by atoms with Crippen LogP contribution in [0.5, 0.6) is 0 Å². The zero-order valence-corrected chi connectivity index (χ0v) is 15.4. The first-order chi connectivity index (χ1) is 11.4. The fraction of sp³-hybridized carbons (Fsp3) is 0.625. The van der Waals surface area contributed by atoms with Crippen LogP contribution in [0.1, 0.15) is 24.8 Å². The minimum Gasteiger partial charge on any atom is -0.379 e. The number of unbranched alkanes of at least 4 members (excludes halogenated alkanes) is 2. The summed E-state index contributed by atoms with van der Waals surface area (Å²) in [7, 11) is -3.71. The number of sulfonamides is 1. The molecule has 1 N–H and O–H groups in total. The van der Waals surface area contributed by atoms with E-state index in [0.29, 0.717) is 6.54 Å². The van der Waals surface area contributed by atoms with Gasteiger partial charge < -0.3 is 4.74 Å². The van der Waals surface area contributed by atoms with Crippen molar-refractivity contribution >= 4 is 21.6 Å². The zero-order chi connectivity index (χ0) is 17.6. The minimum atomic E-state index is -3.71. The van der Waals surface area contributed by atoms with Crippen LogP contribution >= 0.6 is 11.6 Å². The third-order valence-corrected chi connectivity index (χ3v) is 5.98. The second-order valence-electron chi connectivity index (χ2n) is 5.94. The van der Waals surface area contributed by atoms with Gasteiger partial charge in [0.1, 0.15) is 10.7 Å². The van der Waals surface area contributed by atoms with Gasteiger partial charge in [-0.3, -0.25) is 4.90 Å². The lowest BCUT2D eigenvalue weighted by Crippen LogP contribution is -2.36. The van der Waals surface area contributed by atoms with E-state index in [0.717, 1.165) is 58.2 Å². The molecule has 1 aromatic carbocycles. The molecule has 1 aromatic rings. The third kappa shape index (κ3) is 5.67. The highest BCUT2D eigenvalue weighted by Crippen LogP contribution is 2.24. The van der Waals surface area contributed by atoms with Crippen molar-refractivity contribution in [2.45, 2.75) is 31.1 Å². The average molecular weight is 379 g/mol. The van der Waals surface area contributed by atoms with Gasteiger partial charge in [0.25, 0.3) is 0 Å². The molecule has 0 aliphatic carbocycles. The number of rotatable bonds is 8. The number of halogens is 2. The van der Waals surface area contributed by atoms with Crippen LogP contribution < -0.4 is 4.72 Å². The Labute approximate surface area is 148 Å². The Balaban J connectivity index is 1.74. The Kier molecular flexibility index (Phi) is 7.43. The van der Waals surface area contributed by atoms with Crippen molar-refractivity contribution in [3.8, 4) is 0 Å². The van der Waals surface area contributed by atoms with E-state index in [9.17, 15) is 12.8 Å². The van der Waals surface area contributed by atoms with Crippen molar-refractivity contribution in [1.82, 2.24) is 9.62 Å². The van der Waals surface area contributed by atoms with Crippen LogP contribution in [0.2, 0.25) is 5.02 Å². The summed E-state index contributed by atoms with van der Waals surface area (Å²) in [6.45, 7) is 6.38. The first-order valence-corrected chi connectivity index (χ1v) is 10.0. The van der Waals surface area contributed by atoms with E-state index in [1.54, 1.807) is 0 Å². The average Bonchev–Trinajstić information content (AvgIpc) is 2.55. The predicted molar refractivity (Wildman–Crippen MR) is 92.4 cm³/mol. The normalized spacial score (nSPS) is 16.5. The Bertz CT molecular complexity index is 649. The maximum atomic E-state index is 13.4. The maximum absolute atomic E-state index is 13.4. The van der Waals surface area contributed by atoms with Gasteiger partial charge in [0.05, 0.1) is 18.2 Å². The number of aryl methyl sites for hydroxylation is 1. The standard InChI is InChI=1S/C16H24ClFN2O3S/c1-13-11-16(14(17)12-15(13)18)24(21,22)19-5-3-2-4-6-20-7-9-23-10-8-20/h11-12,19H,2-10H2,1H3. The highest BCUT2D eigenvalue weighted by atomic mass is 35.5. The fourth-order valence-electron chi connectivity index (χ4n) is 2.58. The van der Waals surface area contributed by atoms with Crippen molar-refractivity contribution in [3.63, 3.8) is 0 Å². The van der Waals surface area contributed by atoms with Crippen LogP contribution in [0.15, 0.2) is 17.0 Å². The zero-order valence-electron chi connectivity index (χ0n) is 13.9. The van der Waals surface area contributed by atoms with E-state index in [1.807, 2.05) is 0 Å². The highest BCUT2D eigenvalue weighted by Gasteiger charge is 2.19. The van der Waals surface area contributed by atoms with Crippen LogP contribution in [-0.4, -0.2) is 52.7 Å². The predicted octanol–water partition coefficient (Wildman–Crippen LogP) is 2.57. The van der Waals surface area contributed by atoms with E-state index in [4.69, 9.17) is 16.3 Å². The Hall–Kier alpha value is -0.730. The molecule has 1 aliphatic heterocycles. The number of ether oxygens (including phenoxy) is 1. The summed E-state index contributed by atoms with van der Waals surface area (Å²) in [5, 5.41) is -0.0992. The molecule has 0 unspecified atom stereocenters. The molecule has 8 heteroatoms. The van der Waals surface area contributed by atoms with E-state index in [2.05, 4.69) is 9.62 Å². The lowest BCUT2D eigenvalue weighted by Gasteiger charge is -2.26. The molecule has 0 radical (unpaired) electrons. The van der Waals surface area contributed by atoms with Crippen LogP contribution in [0.4, 0.5) is 4.39 Å². The van der Waals surface area contributed by atoms with Crippen LogP contribution in [-0.2, 0) is 14.8 Å². The van der Waals surface area contributed by atoms with Gasteiger partial charge in [0.15, 0.2) is 0 Å². The van der Waals surface area contributed by atoms with E-state index in [1.165, 1.54) is 13.0 Å².